The monoisotopic (exact) mass is 313 g/mol. The number of aromatic hydroxyl groups is 1. The van der Waals surface area contributed by atoms with Gasteiger partial charge in [0.15, 0.2) is 5.13 Å². The van der Waals surface area contributed by atoms with Crippen molar-refractivity contribution in [2.75, 3.05) is 31.4 Å². The predicted molar refractivity (Wildman–Crippen MR) is 83.4 cm³/mol. The predicted octanol–water partition coefficient (Wildman–Crippen LogP) is 3.19. The third-order valence-corrected chi connectivity index (χ3v) is 4.13. The van der Waals surface area contributed by atoms with Crippen molar-refractivity contribution in [3.8, 4) is 11.6 Å². The number of ether oxygens (including phenoxy) is 1. The molecule has 0 unspecified atom stereocenters. The lowest BCUT2D eigenvalue weighted by Gasteiger charge is -2.07. The third kappa shape index (κ3) is 3.26. The van der Waals surface area contributed by atoms with Crippen molar-refractivity contribution in [2.45, 2.75) is 6.54 Å². The Bertz CT molecular complexity index is 601. The number of aromatic nitrogens is 1. The van der Waals surface area contributed by atoms with Crippen molar-refractivity contribution in [3.05, 3.63) is 28.1 Å². The zero-order chi connectivity index (χ0) is 14.7. The lowest BCUT2D eigenvalue weighted by molar-refractivity contribution is 0.397. The molecule has 0 saturated heterocycles. The molecule has 5 nitrogen and oxygen atoms in total. The highest BCUT2D eigenvalue weighted by Gasteiger charge is 2.13. The second-order valence-corrected chi connectivity index (χ2v) is 5.81. The van der Waals surface area contributed by atoms with E-state index in [9.17, 15) is 5.11 Å². The summed E-state index contributed by atoms with van der Waals surface area (Å²) < 4.78 is 5.27. The molecule has 1 heterocycles. The highest BCUT2D eigenvalue weighted by molar-refractivity contribution is 7.15. The third-order valence-electron chi connectivity index (χ3n) is 2.63. The highest BCUT2D eigenvalue weighted by Crippen LogP contribution is 2.32. The molecule has 0 aliphatic heterocycles. The first-order valence-electron chi connectivity index (χ1n) is 5.94. The van der Waals surface area contributed by atoms with Crippen molar-refractivity contribution in [1.82, 2.24) is 4.98 Å². The minimum absolute atomic E-state index is 0.0717. The Balaban J connectivity index is 2.11. The number of halogens is 1. The van der Waals surface area contributed by atoms with Crippen molar-refractivity contribution in [2.24, 2.45) is 0 Å². The molecular formula is C13H16ClN3O2S. The summed E-state index contributed by atoms with van der Waals surface area (Å²) in [7, 11) is 5.49. The SMILES string of the molecule is COc1nc(N(C)C)sc1CNc1ccc(O)c(Cl)c1. The van der Waals surface area contributed by atoms with Gasteiger partial charge in [-0.25, -0.2) is 0 Å². The van der Waals surface area contributed by atoms with Gasteiger partial charge in [0, 0.05) is 19.8 Å². The number of phenols is 1. The van der Waals surface area contributed by atoms with Crippen LogP contribution in [-0.2, 0) is 6.54 Å². The molecule has 0 aliphatic rings. The fraction of sp³-hybridized carbons (Fsp3) is 0.308. The van der Waals surface area contributed by atoms with Gasteiger partial charge in [-0.2, -0.15) is 4.98 Å². The Labute approximate surface area is 126 Å². The van der Waals surface area contributed by atoms with E-state index >= 15 is 0 Å². The van der Waals surface area contributed by atoms with E-state index in [4.69, 9.17) is 16.3 Å². The van der Waals surface area contributed by atoms with Crippen LogP contribution in [0.25, 0.3) is 0 Å². The molecule has 0 atom stereocenters. The maximum Gasteiger partial charge on any atom is 0.231 e. The van der Waals surface area contributed by atoms with Gasteiger partial charge < -0.3 is 20.1 Å². The fourth-order valence-electron chi connectivity index (χ4n) is 1.59. The molecule has 0 bridgehead atoms. The van der Waals surface area contributed by atoms with Crippen molar-refractivity contribution >= 4 is 33.8 Å². The van der Waals surface area contributed by atoms with Gasteiger partial charge in [0.25, 0.3) is 0 Å². The zero-order valence-electron chi connectivity index (χ0n) is 11.5. The molecule has 1 aromatic heterocycles. The highest BCUT2D eigenvalue weighted by atomic mass is 35.5. The number of hydrogen-bond donors (Lipinski definition) is 2. The molecule has 0 amide bonds. The van der Waals surface area contributed by atoms with Gasteiger partial charge in [0.05, 0.1) is 23.6 Å². The van der Waals surface area contributed by atoms with Crippen LogP contribution in [0.2, 0.25) is 5.02 Å². The number of nitrogens with zero attached hydrogens (tertiary/aromatic N) is 2. The summed E-state index contributed by atoms with van der Waals surface area (Å²) in [4.78, 5) is 7.33. The molecule has 0 aliphatic carbocycles. The molecule has 0 spiro atoms. The summed E-state index contributed by atoms with van der Waals surface area (Å²) >= 11 is 7.43. The van der Waals surface area contributed by atoms with E-state index in [0.29, 0.717) is 17.4 Å². The summed E-state index contributed by atoms with van der Waals surface area (Å²) in [6, 6.07) is 5.00. The molecule has 20 heavy (non-hydrogen) atoms. The largest absolute Gasteiger partial charge is 0.506 e. The Kier molecular flexibility index (Phi) is 4.57. The lowest BCUT2D eigenvalue weighted by Crippen LogP contribution is -2.07. The second kappa shape index (κ2) is 6.19. The topological polar surface area (TPSA) is 57.6 Å². The van der Waals surface area contributed by atoms with Gasteiger partial charge in [-0.3, -0.25) is 0 Å². The molecule has 1 aromatic carbocycles. The van der Waals surface area contributed by atoms with Gasteiger partial charge in [0.2, 0.25) is 5.88 Å². The van der Waals surface area contributed by atoms with Gasteiger partial charge in [-0.1, -0.05) is 22.9 Å². The van der Waals surface area contributed by atoms with E-state index in [1.54, 1.807) is 36.6 Å². The number of nitrogens with one attached hydrogen (secondary N) is 1. The van der Waals surface area contributed by atoms with Crippen LogP contribution in [0.1, 0.15) is 4.88 Å². The van der Waals surface area contributed by atoms with Crippen molar-refractivity contribution < 1.29 is 9.84 Å². The minimum Gasteiger partial charge on any atom is -0.506 e. The summed E-state index contributed by atoms with van der Waals surface area (Å²) in [6.45, 7) is 0.579. The lowest BCUT2D eigenvalue weighted by atomic mass is 10.3. The standard InChI is InChI=1S/C13H16ClN3O2S/c1-17(2)13-16-12(19-3)11(20-13)7-15-8-4-5-10(18)9(14)6-8/h4-6,15,18H,7H2,1-3H3. The quantitative estimate of drug-likeness (QED) is 0.830. The average molecular weight is 314 g/mol. The maximum atomic E-state index is 9.38. The number of benzene rings is 1. The molecule has 2 N–H and O–H groups in total. The van der Waals surface area contributed by atoms with Gasteiger partial charge in [-0.15, -0.1) is 0 Å². The maximum absolute atomic E-state index is 9.38. The van der Waals surface area contributed by atoms with E-state index in [1.807, 2.05) is 19.0 Å². The summed E-state index contributed by atoms with van der Waals surface area (Å²) in [5.41, 5.74) is 0.828. The molecular weight excluding hydrogens is 298 g/mol. The van der Waals surface area contributed by atoms with Crippen molar-refractivity contribution in [3.63, 3.8) is 0 Å². The fourth-order valence-corrected chi connectivity index (χ4v) is 2.66. The summed E-state index contributed by atoms with van der Waals surface area (Å²) in [5, 5.41) is 13.8. The molecule has 0 radical (unpaired) electrons. The molecule has 2 aromatic rings. The first-order chi connectivity index (χ1) is 9.51. The van der Waals surface area contributed by atoms with E-state index < -0.39 is 0 Å². The normalized spacial score (nSPS) is 10.4. The van der Waals surface area contributed by atoms with Crippen LogP contribution in [0.5, 0.6) is 11.6 Å². The zero-order valence-corrected chi connectivity index (χ0v) is 13.0. The van der Waals surface area contributed by atoms with Gasteiger partial charge in [-0.05, 0) is 18.2 Å². The summed E-state index contributed by atoms with van der Waals surface area (Å²) in [5.74, 6) is 0.693. The number of phenolic OH excluding ortho intramolecular Hbond substituents is 1. The van der Waals surface area contributed by atoms with Crippen LogP contribution in [0.4, 0.5) is 10.8 Å². The average Bonchev–Trinajstić information content (AvgIpc) is 2.83. The van der Waals surface area contributed by atoms with Crippen LogP contribution >= 0.6 is 22.9 Å². The number of rotatable bonds is 5. The van der Waals surface area contributed by atoms with Crippen LogP contribution in [0, 0.1) is 0 Å². The molecule has 0 fully saturated rings. The Hall–Kier alpha value is -1.66. The number of hydrogen-bond acceptors (Lipinski definition) is 6. The van der Waals surface area contributed by atoms with Crippen LogP contribution < -0.4 is 15.0 Å². The van der Waals surface area contributed by atoms with Crippen molar-refractivity contribution in [1.29, 1.82) is 0 Å². The Morgan fingerprint density at radius 1 is 1.45 bits per heavy atom. The summed E-state index contributed by atoms with van der Waals surface area (Å²) in [6.07, 6.45) is 0. The Morgan fingerprint density at radius 3 is 2.80 bits per heavy atom. The first kappa shape index (κ1) is 14.7. The van der Waals surface area contributed by atoms with Crippen LogP contribution in [-0.4, -0.2) is 31.3 Å². The number of thiazole rings is 1. The number of methoxy groups -OCH3 is 1. The molecule has 7 heteroatoms. The smallest absolute Gasteiger partial charge is 0.231 e. The molecule has 2 rings (SSSR count). The Morgan fingerprint density at radius 2 is 2.20 bits per heavy atom. The van der Waals surface area contributed by atoms with Gasteiger partial charge in [0.1, 0.15) is 5.75 Å². The van der Waals surface area contributed by atoms with E-state index in [2.05, 4.69) is 10.3 Å². The van der Waals surface area contributed by atoms with Crippen LogP contribution in [0.3, 0.4) is 0 Å². The molecule has 108 valence electrons. The van der Waals surface area contributed by atoms with Crippen LogP contribution in [0.15, 0.2) is 18.2 Å². The van der Waals surface area contributed by atoms with E-state index in [-0.39, 0.29) is 5.75 Å². The van der Waals surface area contributed by atoms with Gasteiger partial charge >= 0.3 is 0 Å². The number of anilines is 2. The second-order valence-electron chi connectivity index (χ2n) is 4.34. The minimum atomic E-state index is 0.0717. The van der Waals surface area contributed by atoms with E-state index in [0.717, 1.165) is 15.7 Å². The first-order valence-corrected chi connectivity index (χ1v) is 7.14. The molecule has 0 saturated carbocycles. The van der Waals surface area contributed by atoms with E-state index in [1.165, 1.54) is 0 Å².